The molecule has 0 saturated carbocycles. The van der Waals surface area contributed by atoms with E-state index < -0.39 is 0 Å². The summed E-state index contributed by atoms with van der Waals surface area (Å²) in [6, 6.07) is 18.5. The van der Waals surface area contributed by atoms with Gasteiger partial charge in [-0.05, 0) is 134 Å². The number of aryl methyl sites for hydroxylation is 2. The molecule has 2 heterocycles. The van der Waals surface area contributed by atoms with Crippen LogP contribution >= 0.6 is 0 Å². The number of hydrogen-bond donors (Lipinski definition) is 1. The van der Waals surface area contributed by atoms with E-state index in [-0.39, 0.29) is 5.82 Å². The average molecular weight is 565 g/mol. The molecule has 42 heavy (non-hydrogen) atoms. The first kappa shape index (κ1) is 28.7. The zero-order chi connectivity index (χ0) is 28.7. The van der Waals surface area contributed by atoms with Crippen LogP contribution in [0.4, 0.5) is 10.1 Å². The van der Waals surface area contributed by atoms with Crippen LogP contribution in [-0.2, 0) is 32.1 Å². The molecule has 0 aromatic heterocycles. The van der Waals surface area contributed by atoms with Crippen molar-refractivity contribution >= 4 is 11.9 Å². The Morgan fingerprint density at radius 3 is 2.52 bits per heavy atom. The molecule has 3 aromatic carbocycles. The molecular weight excluding hydrogens is 519 g/mol. The van der Waals surface area contributed by atoms with Crippen molar-refractivity contribution in [3.8, 4) is 5.75 Å². The Kier molecular flexibility index (Phi) is 9.37. The molecule has 1 saturated heterocycles. The Labute approximate surface area is 251 Å². The van der Waals surface area contributed by atoms with E-state index in [0.29, 0.717) is 11.7 Å². The Morgan fingerprint density at radius 2 is 1.69 bits per heavy atom. The van der Waals surface area contributed by atoms with E-state index in [1.165, 1.54) is 42.4 Å². The van der Waals surface area contributed by atoms with Crippen LogP contribution in [0.2, 0.25) is 0 Å². The van der Waals surface area contributed by atoms with E-state index in [4.69, 9.17) is 4.99 Å². The summed E-state index contributed by atoms with van der Waals surface area (Å²) in [5.74, 6) is 0.901. The number of aliphatic imine (C=N–C) groups is 1. The first-order valence-electron chi connectivity index (χ1n) is 16.3. The molecule has 0 spiro atoms. The molecule has 2 aliphatic heterocycles. The summed E-state index contributed by atoms with van der Waals surface area (Å²) < 4.78 is 15.1. The second-order valence-corrected chi connectivity index (χ2v) is 12.6. The third kappa shape index (κ3) is 6.97. The highest BCUT2D eigenvalue weighted by Crippen LogP contribution is 2.34. The Hall–Kier alpha value is -3.40. The van der Waals surface area contributed by atoms with Gasteiger partial charge in [0, 0.05) is 25.0 Å². The van der Waals surface area contributed by atoms with Crippen LogP contribution < -0.4 is 4.90 Å². The Balaban J connectivity index is 1.06. The van der Waals surface area contributed by atoms with Gasteiger partial charge < -0.3 is 10.0 Å². The lowest BCUT2D eigenvalue weighted by Gasteiger charge is -2.27. The normalized spacial score (nSPS) is 20.4. The van der Waals surface area contributed by atoms with Gasteiger partial charge in [0.1, 0.15) is 11.6 Å². The highest BCUT2D eigenvalue weighted by molar-refractivity contribution is 5.84. The van der Waals surface area contributed by atoms with Crippen molar-refractivity contribution in [2.45, 2.75) is 89.9 Å². The maximum absolute atomic E-state index is 15.1. The van der Waals surface area contributed by atoms with Crippen LogP contribution in [0.25, 0.3) is 0 Å². The molecular formula is C38H45FN2O. The Bertz CT molecular complexity index is 1430. The number of allylic oxidation sites excluding steroid dienone is 2. The molecule has 1 unspecified atom stereocenters. The number of anilines is 1. The molecule has 1 N–H and O–H groups in total. The molecule has 0 bridgehead atoms. The minimum atomic E-state index is -0.0793. The number of rotatable bonds is 7. The third-order valence-corrected chi connectivity index (χ3v) is 9.64. The van der Waals surface area contributed by atoms with Crippen molar-refractivity contribution in [1.29, 1.82) is 0 Å². The molecule has 1 fully saturated rings. The first-order chi connectivity index (χ1) is 20.6. The van der Waals surface area contributed by atoms with E-state index in [2.05, 4.69) is 41.3 Å². The monoisotopic (exact) mass is 564 g/mol. The minimum Gasteiger partial charge on any atom is -0.508 e. The number of phenols is 1. The fraction of sp³-hybridized carbons (Fsp3) is 0.447. The van der Waals surface area contributed by atoms with E-state index in [1.807, 2.05) is 24.4 Å². The molecule has 0 radical (unpaired) electrons. The maximum atomic E-state index is 15.1. The fourth-order valence-electron chi connectivity index (χ4n) is 7.26. The lowest BCUT2D eigenvalue weighted by molar-refractivity contribution is 0.428. The van der Waals surface area contributed by atoms with Crippen molar-refractivity contribution in [1.82, 2.24) is 0 Å². The summed E-state index contributed by atoms with van der Waals surface area (Å²) in [7, 11) is 0. The smallest absolute Gasteiger partial charge is 0.146 e. The first-order valence-corrected chi connectivity index (χ1v) is 16.3. The maximum Gasteiger partial charge on any atom is 0.146 e. The summed E-state index contributed by atoms with van der Waals surface area (Å²) in [5.41, 5.74) is 9.39. The number of nitrogens with zero attached hydrogens (tertiary/aromatic N) is 2. The molecule has 3 aromatic rings. The van der Waals surface area contributed by atoms with Gasteiger partial charge in [0.25, 0.3) is 0 Å². The summed E-state index contributed by atoms with van der Waals surface area (Å²) in [6.45, 7) is 1.92. The van der Waals surface area contributed by atoms with Gasteiger partial charge in [-0.3, -0.25) is 4.99 Å². The minimum absolute atomic E-state index is 0.0793. The topological polar surface area (TPSA) is 35.8 Å². The fourth-order valence-corrected chi connectivity index (χ4v) is 7.26. The van der Waals surface area contributed by atoms with E-state index in [0.717, 1.165) is 105 Å². The second-order valence-electron chi connectivity index (χ2n) is 12.6. The summed E-state index contributed by atoms with van der Waals surface area (Å²) in [4.78, 5) is 7.13. The molecule has 220 valence electrons. The number of fused-ring (bicyclic) bond motifs is 2. The lowest BCUT2D eigenvalue weighted by Crippen LogP contribution is -2.27. The van der Waals surface area contributed by atoms with Gasteiger partial charge in [-0.1, -0.05) is 55.7 Å². The van der Waals surface area contributed by atoms with Gasteiger partial charge in [0.15, 0.2) is 0 Å². The van der Waals surface area contributed by atoms with Crippen LogP contribution in [0.15, 0.2) is 71.4 Å². The number of phenolic OH excluding ortho intramolecular Hbond substituents is 1. The van der Waals surface area contributed by atoms with E-state index >= 15 is 4.39 Å². The van der Waals surface area contributed by atoms with Crippen molar-refractivity contribution < 1.29 is 9.50 Å². The molecule has 1 atom stereocenters. The van der Waals surface area contributed by atoms with Crippen molar-refractivity contribution in [3.05, 3.63) is 106 Å². The summed E-state index contributed by atoms with van der Waals surface area (Å²) in [6.07, 6.45) is 19.2. The predicted molar refractivity (Wildman–Crippen MR) is 172 cm³/mol. The van der Waals surface area contributed by atoms with Crippen LogP contribution in [0.5, 0.6) is 5.75 Å². The number of hydrogen-bond acceptors (Lipinski definition) is 3. The van der Waals surface area contributed by atoms with Gasteiger partial charge in [0.05, 0.1) is 5.69 Å². The number of halogens is 1. The van der Waals surface area contributed by atoms with Crippen LogP contribution in [0.1, 0.15) is 91.2 Å². The predicted octanol–water partition coefficient (Wildman–Crippen LogP) is 8.92. The molecule has 3 nitrogen and oxygen atoms in total. The lowest BCUT2D eigenvalue weighted by atomic mass is 9.79. The zero-order valence-electron chi connectivity index (χ0n) is 25.0. The standard InChI is InChI=1S/C38H45FN2O/c39-36-26-28(17-20-37(36)41-22-6-2-1-3-7-23-41)10-8-13-33-14-9-15-34-32(27-40-33)19-21-38(42)35(34)25-29-16-18-30-11-4-5-12-31(30)24-29/h4-5,11-12,14,17,19-21,26-27,29,42H,1-3,6-10,13,15-16,18,22-25H2/b33-14+,40-27?. The van der Waals surface area contributed by atoms with Gasteiger partial charge >= 0.3 is 0 Å². The van der Waals surface area contributed by atoms with Crippen LogP contribution in [0, 0.1) is 11.7 Å². The highest BCUT2D eigenvalue weighted by atomic mass is 19.1. The quantitative estimate of drug-likeness (QED) is 0.311. The Morgan fingerprint density at radius 1 is 0.881 bits per heavy atom. The van der Waals surface area contributed by atoms with Gasteiger partial charge in [-0.15, -0.1) is 0 Å². The number of benzene rings is 3. The molecule has 0 amide bonds. The second kappa shape index (κ2) is 13.7. The number of aromatic hydroxyl groups is 1. The molecule has 4 heteroatoms. The van der Waals surface area contributed by atoms with Crippen molar-refractivity contribution in [2.75, 3.05) is 18.0 Å². The van der Waals surface area contributed by atoms with Crippen molar-refractivity contribution in [3.63, 3.8) is 0 Å². The molecule has 1 aliphatic carbocycles. The van der Waals surface area contributed by atoms with Gasteiger partial charge in [-0.2, -0.15) is 0 Å². The average Bonchev–Trinajstić information content (AvgIpc) is 2.97. The molecule has 6 rings (SSSR count). The van der Waals surface area contributed by atoms with E-state index in [9.17, 15) is 5.11 Å². The largest absolute Gasteiger partial charge is 0.508 e. The van der Waals surface area contributed by atoms with Crippen LogP contribution in [-0.4, -0.2) is 24.4 Å². The zero-order valence-corrected chi connectivity index (χ0v) is 25.0. The summed E-state index contributed by atoms with van der Waals surface area (Å²) >= 11 is 0. The third-order valence-electron chi connectivity index (χ3n) is 9.64. The summed E-state index contributed by atoms with van der Waals surface area (Å²) in [5, 5.41) is 10.9. The van der Waals surface area contributed by atoms with E-state index in [1.54, 1.807) is 6.07 Å². The van der Waals surface area contributed by atoms with Crippen LogP contribution in [0.3, 0.4) is 0 Å². The van der Waals surface area contributed by atoms with Crippen molar-refractivity contribution in [2.24, 2.45) is 10.9 Å². The SMILES string of the molecule is Oc1ccc2c(c1CC1CCc3ccccc3C1)CC/C=C(\CCCc1ccc(N3CCCCCCC3)c(F)c1)N=C2. The highest BCUT2D eigenvalue weighted by Gasteiger charge is 2.22. The molecule has 3 aliphatic rings. The van der Waals surface area contributed by atoms with Gasteiger partial charge in [-0.25, -0.2) is 4.39 Å². The van der Waals surface area contributed by atoms with Gasteiger partial charge in [0.2, 0.25) is 0 Å².